The smallest absolute Gasteiger partial charge is 0.483 e. The van der Waals surface area contributed by atoms with Crippen molar-refractivity contribution in [2.24, 2.45) is 5.92 Å². The SMILES string of the molecule is C=CCCCCC[C@H](C)C(=O)N1C[C@@]2(CCc3c(c(C)nc4ccc(OC(F)(F)F)cc34)O2)C[C@H]1C(=O)OC. The fourth-order valence-electron chi connectivity index (χ4n) is 5.73. The number of alkyl halides is 3. The largest absolute Gasteiger partial charge is 0.573 e. The van der Waals surface area contributed by atoms with Gasteiger partial charge in [-0.05, 0) is 57.2 Å². The zero-order valence-electron chi connectivity index (χ0n) is 22.6. The van der Waals surface area contributed by atoms with Crippen LogP contribution in [0.4, 0.5) is 13.2 Å². The van der Waals surface area contributed by atoms with Gasteiger partial charge < -0.3 is 19.1 Å². The maximum atomic E-state index is 13.5. The van der Waals surface area contributed by atoms with Gasteiger partial charge in [-0.1, -0.05) is 25.8 Å². The van der Waals surface area contributed by atoms with Crippen LogP contribution in [0, 0.1) is 12.8 Å². The van der Waals surface area contributed by atoms with E-state index in [4.69, 9.17) is 9.47 Å². The van der Waals surface area contributed by atoms with E-state index in [9.17, 15) is 22.8 Å². The summed E-state index contributed by atoms with van der Waals surface area (Å²) in [7, 11) is 1.30. The summed E-state index contributed by atoms with van der Waals surface area (Å²) >= 11 is 0. The van der Waals surface area contributed by atoms with Gasteiger partial charge in [0, 0.05) is 23.3 Å². The molecule has 3 heterocycles. The molecule has 1 fully saturated rings. The van der Waals surface area contributed by atoms with Gasteiger partial charge in [-0.15, -0.1) is 19.8 Å². The molecule has 2 aromatic rings. The van der Waals surface area contributed by atoms with Crippen LogP contribution in [-0.2, 0) is 20.7 Å². The summed E-state index contributed by atoms with van der Waals surface area (Å²) in [5, 5.41) is 0.521. The number of rotatable bonds is 9. The number of allylic oxidation sites excluding steroid dienone is 1. The lowest BCUT2D eigenvalue weighted by Crippen LogP contribution is -2.46. The van der Waals surface area contributed by atoms with Crippen LogP contribution < -0.4 is 9.47 Å². The average molecular weight is 549 g/mol. The van der Waals surface area contributed by atoms with Gasteiger partial charge in [-0.2, -0.15) is 0 Å². The third-order valence-corrected chi connectivity index (χ3v) is 7.69. The number of carbonyl (C=O) groups is 2. The highest BCUT2D eigenvalue weighted by atomic mass is 19.4. The first-order valence-electron chi connectivity index (χ1n) is 13.3. The number of methoxy groups -OCH3 is 1. The van der Waals surface area contributed by atoms with Gasteiger partial charge in [-0.25, -0.2) is 9.78 Å². The predicted molar refractivity (Wildman–Crippen MR) is 139 cm³/mol. The molecular formula is C29H35F3N2O5. The van der Waals surface area contributed by atoms with Crippen molar-refractivity contribution in [2.45, 2.75) is 83.2 Å². The number of fused-ring (bicyclic) bond motifs is 3. The molecule has 0 radical (unpaired) electrons. The Balaban J connectivity index is 1.58. The summed E-state index contributed by atoms with van der Waals surface area (Å²) in [5.74, 6) is -0.708. The Bertz CT molecular complexity index is 1250. The first-order valence-corrected chi connectivity index (χ1v) is 13.3. The number of pyridine rings is 1. The van der Waals surface area contributed by atoms with E-state index in [0.29, 0.717) is 41.6 Å². The Kier molecular flexibility index (Phi) is 8.42. The molecule has 0 unspecified atom stereocenters. The molecule has 0 N–H and O–H groups in total. The van der Waals surface area contributed by atoms with E-state index in [2.05, 4.69) is 16.3 Å². The maximum absolute atomic E-state index is 13.5. The van der Waals surface area contributed by atoms with Crippen molar-refractivity contribution in [3.05, 3.63) is 42.1 Å². The fourth-order valence-corrected chi connectivity index (χ4v) is 5.73. The zero-order valence-corrected chi connectivity index (χ0v) is 22.6. The molecule has 10 heteroatoms. The van der Waals surface area contributed by atoms with E-state index < -0.39 is 24.0 Å². The standard InChI is InChI=1S/C29H35F3N2O5/c1-5-6-7-8-9-10-18(2)26(35)34-17-28(16-24(34)27(36)37-4)14-13-21-22-15-20(38-29(30,31)32)11-12-23(22)33-19(3)25(21)39-28/h5,11-12,15,18,24H,1,6-10,13-14,16-17H2,2-4H3/t18-,24-,28+/m0/s1. The molecule has 7 nitrogen and oxygen atoms in total. The second kappa shape index (κ2) is 11.4. The van der Waals surface area contributed by atoms with Crippen LogP contribution in [0.25, 0.3) is 10.9 Å². The van der Waals surface area contributed by atoms with Crippen molar-refractivity contribution >= 4 is 22.8 Å². The maximum Gasteiger partial charge on any atom is 0.573 e. The third kappa shape index (κ3) is 6.31. The molecule has 212 valence electrons. The number of carbonyl (C=O) groups excluding carboxylic acids is 2. The van der Waals surface area contributed by atoms with Crippen LogP contribution in [0.3, 0.4) is 0 Å². The molecule has 2 aliphatic rings. The van der Waals surface area contributed by atoms with Gasteiger partial charge >= 0.3 is 12.3 Å². The lowest BCUT2D eigenvalue weighted by Gasteiger charge is -2.36. The Morgan fingerprint density at radius 1 is 1.31 bits per heavy atom. The lowest BCUT2D eigenvalue weighted by molar-refractivity contribution is -0.274. The van der Waals surface area contributed by atoms with Crippen molar-refractivity contribution in [3.63, 3.8) is 0 Å². The zero-order chi connectivity index (χ0) is 28.4. The number of benzene rings is 1. The highest BCUT2D eigenvalue weighted by Gasteiger charge is 2.53. The molecule has 1 aromatic heterocycles. The van der Waals surface area contributed by atoms with Crippen molar-refractivity contribution in [1.82, 2.24) is 9.88 Å². The number of aryl methyl sites for hydroxylation is 2. The number of hydrogen-bond acceptors (Lipinski definition) is 6. The van der Waals surface area contributed by atoms with Gasteiger partial charge in [0.05, 0.1) is 24.9 Å². The van der Waals surface area contributed by atoms with Gasteiger partial charge in [0.1, 0.15) is 23.1 Å². The predicted octanol–water partition coefficient (Wildman–Crippen LogP) is 6.05. The Hall–Kier alpha value is -3.30. The van der Waals surface area contributed by atoms with E-state index >= 15 is 0 Å². The first-order chi connectivity index (χ1) is 18.5. The summed E-state index contributed by atoms with van der Waals surface area (Å²) in [6.07, 6.45) is 2.92. The molecule has 1 saturated heterocycles. The number of amides is 1. The number of esters is 1. The van der Waals surface area contributed by atoms with E-state index in [0.717, 1.165) is 31.2 Å². The number of halogens is 3. The van der Waals surface area contributed by atoms with Crippen molar-refractivity contribution < 1.29 is 37.0 Å². The minimum atomic E-state index is -4.81. The van der Waals surface area contributed by atoms with Gasteiger partial charge in [-0.3, -0.25) is 4.79 Å². The highest BCUT2D eigenvalue weighted by molar-refractivity contribution is 5.88. The summed E-state index contributed by atoms with van der Waals surface area (Å²) in [6.45, 7) is 7.62. The minimum Gasteiger partial charge on any atom is -0.483 e. The molecular weight excluding hydrogens is 513 g/mol. The van der Waals surface area contributed by atoms with Crippen molar-refractivity contribution in [1.29, 1.82) is 0 Å². The summed E-state index contributed by atoms with van der Waals surface area (Å²) in [5.41, 5.74) is 1.04. The monoisotopic (exact) mass is 548 g/mol. The Morgan fingerprint density at radius 3 is 2.77 bits per heavy atom. The van der Waals surface area contributed by atoms with Crippen LogP contribution in [0.15, 0.2) is 30.9 Å². The molecule has 0 aliphatic carbocycles. The first kappa shape index (κ1) is 28.7. The van der Waals surface area contributed by atoms with Crippen LogP contribution >= 0.6 is 0 Å². The van der Waals surface area contributed by atoms with E-state index in [1.54, 1.807) is 11.8 Å². The highest BCUT2D eigenvalue weighted by Crippen LogP contribution is 2.45. The van der Waals surface area contributed by atoms with Crippen LogP contribution in [-0.4, -0.2) is 53.4 Å². The molecule has 1 spiro atoms. The van der Waals surface area contributed by atoms with Crippen LogP contribution in [0.2, 0.25) is 0 Å². The van der Waals surface area contributed by atoms with E-state index in [-0.39, 0.29) is 30.5 Å². The second-order valence-corrected chi connectivity index (χ2v) is 10.6. The molecule has 1 aromatic carbocycles. The van der Waals surface area contributed by atoms with E-state index in [1.165, 1.54) is 25.3 Å². The molecule has 39 heavy (non-hydrogen) atoms. The molecule has 0 saturated carbocycles. The summed E-state index contributed by atoms with van der Waals surface area (Å²) in [4.78, 5) is 32.4. The van der Waals surface area contributed by atoms with Crippen molar-refractivity contribution in [3.8, 4) is 11.5 Å². The normalized spacial score (nSPS) is 21.4. The number of unbranched alkanes of at least 4 members (excludes halogenated alkanes) is 3. The number of nitrogens with zero attached hydrogens (tertiary/aromatic N) is 2. The summed E-state index contributed by atoms with van der Waals surface area (Å²) < 4.78 is 54.1. The minimum absolute atomic E-state index is 0.109. The summed E-state index contributed by atoms with van der Waals surface area (Å²) in [6, 6.07) is 3.29. The van der Waals surface area contributed by atoms with Gasteiger partial charge in [0.2, 0.25) is 5.91 Å². The quantitative estimate of drug-likeness (QED) is 0.216. The van der Waals surface area contributed by atoms with Crippen LogP contribution in [0.1, 0.15) is 63.1 Å². The number of aromatic nitrogens is 1. The molecule has 2 aliphatic heterocycles. The molecule has 0 bridgehead atoms. The Labute approximate surface area is 226 Å². The number of hydrogen-bond donors (Lipinski definition) is 0. The second-order valence-electron chi connectivity index (χ2n) is 10.6. The lowest BCUT2D eigenvalue weighted by atomic mass is 9.87. The molecule has 3 atom stereocenters. The fraction of sp³-hybridized carbons (Fsp3) is 0.552. The molecule has 1 amide bonds. The number of ether oxygens (including phenoxy) is 3. The Morgan fingerprint density at radius 2 is 2.08 bits per heavy atom. The van der Waals surface area contributed by atoms with Crippen LogP contribution in [0.5, 0.6) is 11.5 Å². The van der Waals surface area contributed by atoms with Gasteiger partial charge in [0.15, 0.2) is 0 Å². The van der Waals surface area contributed by atoms with E-state index in [1.807, 2.05) is 13.0 Å². The average Bonchev–Trinajstić information content (AvgIpc) is 3.25. The number of likely N-dealkylation sites (tertiary alicyclic amines) is 1. The van der Waals surface area contributed by atoms with Crippen molar-refractivity contribution in [2.75, 3.05) is 13.7 Å². The van der Waals surface area contributed by atoms with Gasteiger partial charge in [0.25, 0.3) is 0 Å². The third-order valence-electron chi connectivity index (χ3n) is 7.69. The topological polar surface area (TPSA) is 78.0 Å². The molecule has 4 rings (SSSR count).